The van der Waals surface area contributed by atoms with E-state index in [0.29, 0.717) is 40.3 Å². The van der Waals surface area contributed by atoms with Crippen LogP contribution in [-0.4, -0.2) is 27.1 Å². The normalized spacial score (nSPS) is 12.5. The second-order valence-corrected chi connectivity index (χ2v) is 9.56. The van der Waals surface area contributed by atoms with Gasteiger partial charge in [0.05, 0.1) is 29.8 Å². The summed E-state index contributed by atoms with van der Waals surface area (Å²) in [7, 11) is -1.07. The van der Waals surface area contributed by atoms with Crippen LogP contribution in [0.25, 0.3) is 17.3 Å². The van der Waals surface area contributed by atoms with E-state index in [1.165, 1.54) is 6.08 Å². The topological polar surface area (TPSA) is 82.8 Å². The van der Waals surface area contributed by atoms with Crippen LogP contribution in [0.5, 0.6) is 0 Å². The maximum Gasteiger partial charge on any atom is 0.252 e. The molecule has 2 aromatic carbocycles. The molecule has 0 aliphatic rings. The summed E-state index contributed by atoms with van der Waals surface area (Å²) in [5.41, 5.74) is 4.79. The van der Waals surface area contributed by atoms with Crippen molar-refractivity contribution in [3.63, 3.8) is 0 Å². The smallest absolute Gasteiger partial charge is 0.252 e. The summed E-state index contributed by atoms with van der Waals surface area (Å²) in [5.74, 6) is 2.53. The lowest BCUT2D eigenvalue weighted by Crippen LogP contribution is -2.30. The number of hydrogen-bond acceptors (Lipinski definition) is 4. The van der Waals surface area contributed by atoms with Crippen LogP contribution in [0.1, 0.15) is 45.2 Å². The van der Waals surface area contributed by atoms with Gasteiger partial charge >= 0.3 is 0 Å². The van der Waals surface area contributed by atoms with Crippen LogP contribution in [0.2, 0.25) is 0 Å². The number of carbonyl (C=O) groups excluding carboxylic acids is 1. The summed E-state index contributed by atoms with van der Waals surface area (Å²) in [6.45, 7) is 1.84. The molecular formula is C29H27N3O2S. The fraction of sp³-hybridized carbons (Fsp3) is 0.207. The lowest BCUT2D eigenvalue weighted by molar-refractivity contribution is 0.0936. The van der Waals surface area contributed by atoms with Crippen LogP contribution in [0.3, 0.4) is 0 Å². The Morgan fingerprint density at radius 2 is 1.83 bits per heavy atom. The van der Waals surface area contributed by atoms with Crippen LogP contribution in [0, 0.1) is 30.6 Å². The summed E-state index contributed by atoms with van der Waals surface area (Å²) in [6, 6.07) is 20.7. The van der Waals surface area contributed by atoms with Crippen molar-refractivity contribution in [2.24, 2.45) is 0 Å². The number of hydrogen-bond donors (Lipinski definition) is 1. The predicted octanol–water partition coefficient (Wildman–Crippen LogP) is 5.01. The van der Waals surface area contributed by atoms with Crippen LogP contribution < -0.4 is 5.32 Å². The number of rotatable bonds is 9. The minimum absolute atomic E-state index is 0.120. The van der Waals surface area contributed by atoms with Gasteiger partial charge in [0.2, 0.25) is 0 Å². The second kappa shape index (κ2) is 12.5. The highest BCUT2D eigenvalue weighted by Crippen LogP contribution is 2.31. The summed E-state index contributed by atoms with van der Waals surface area (Å²) < 4.78 is 12.0. The number of nitrogens with one attached hydrogen (secondary N) is 1. The molecule has 1 N–H and O–H groups in total. The van der Waals surface area contributed by atoms with Crippen molar-refractivity contribution >= 4 is 22.8 Å². The van der Waals surface area contributed by atoms with Gasteiger partial charge in [0, 0.05) is 39.6 Å². The number of pyridine rings is 1. The SMILES string of the molecule is C#C/C=C\c1c(C)nc(-c2ccccc2)c(CCS(C)=O)c1C(=O)NC(CC#N)c1ccccc1. The van der Waals surface area contributed by atoms with Gasteiger partial charge in [-0.3, -0.25) is 14.0 Å². The zero-order valence-electron chi connectivity index (χ0n) is 19.8. The highest BCUT2D eigenvalue weighted by atomic mass is 32.2. The maximum atomic E-state index is 13.9. The average molecular weight is 482 g/mol. The molecule has 0 fully saturated rings. The average Bonchev–Trinajstić information content (AvgIpc) is 2.87. The first-order chi connectivity index (χ1) is 17.0. The van der Waals surface area contributed by atoms with Gasteiger partial charge in [0.25, 0.3) is 5.91 Å². The molecule has 6 heteroatoms. The van der Waals surface area contributed by atoms with Crippen molar-refractivity contribution < 1.29 is 9.00 Å². The minimum Gasteiger partial charge on any atom is -0.344 e. The number of amides is 1. The van der Waals surface area contributed by atoms with Gasteiger partial charge in [-0.05, 0) is 36.6 Å². The number of nitriles is 1. The number of aromatic nitrogens is 1. The van der Waals surface area contributed by atoms with Crippen LogP contribution in [0.15, 0.2) is 66.7 Å². The second-order valence-electron chi connectivity index (χ2n) is 8.01. The Morgan fingerprint density at radius 3 is 2.43 bits per heavy atom. The summed E-state index contributed by atoms with van der Waals surface area (Å²) in [4.78, 5) is 18.7. The van der Waals surface area contributed by atoms with Crippen molar-refractivity contribution in [1.82, 2.24) is 10.3 Å². The molecule has 2 unspecified atom stereocenters. The number of nitrogens with zero attached hydrogens (tertiary/aromatic N) is 2. The number of aryl methyl sites for hydroxylation is 1. The van der Waals surface area contributed by atoms with E-state index >= 15 is 0 Å². The first-order valence-electron chi connectivity index (χ1n) is 11.2. The van der Waals surface area contributed by atoms with Gasteiger partial charge in [-0.1, -0.05) is 66.6 Å². The van der Waals surface area contributed by atoms with E-state index in [-0.39, 0.29) is 12.3 Å². The largest absolute Gasteiger partial charge is 0.344 e. The van der Waals surface area contributed by atoms with Crippen LogP contribution >= 0.6 is 0 Å². The molecule has 0 aliphatic heterocycles. The van der Waals surface area contributed by atoms with Crippen LogP contribution in [-0.2, 0) is 17.2 Å². The Kier molecular flexibility index (Phi) is 9.12. The Hall–Kier alpha value is -4.00. The monoisotopic (exact) mass is 481 g/mol. The van der Waals surface area contributed by atoms with Crippen molar-refractivity contribution in [2.45, 2.75) is 25.8 Å². The molecule has 0 bridgehead atoms. The molecule has 2 atom stereocenters. The first kappa shape index (κ1) is 25.6. The van der Waals surface area contributed by atoms with Gasteiger partial charge in [0.15, 0.2) is 0 Å². The van der Waals surface area contributed by atoms with Crippen molar-refractivity contribution in [1.29, 1.82) is 5.26 Å². The Labute approximate surface area is 209 Å². The third-order valence-corrected chi connectivity index (χ3v) is 6.37. The van der Waals surface area contributed by atoms with Crippen molar-refractivity contribution in [3.05, 3.63) is 94.7 Å². The van der Waals surface area contributed by atoms with E-state index in [1.54, 1.807) is 12.3 Å². The summed E-state index contributed by atoms with van der Waals surface area (Å²) in [5, 5.41) is 12.5. The fourth-order valence-corrected chi connectivity index (χ4v) is 4.43. The van der Waals surface area contributed by atoms with Crippen LogP contribution in [0.4, 0.5) is 0 Å². The highest BCUT2D eigenvalue weighted by molar-refractivity contribution is 7.84. The molecule has 0 aliphatic carbocycles. The molecule has 1 heterocycles. The maximum absolute atomic E-state index is 13.9. The number of terminal acetylenes is 1. The Morgan fingerprint density at radius 1 is 1.17 bits per heavy atom. The zero-order valence-corrected chi connectivity index (χ0v) is 20.6. The van der Waals surface area contributed by atoms with E-state index in [1.807, 2.05) is 67.6 Å². The van der Waals surface area contributed by atoms with Crippen molar-refractivity contribution in [2.75, 3.05) is 12.0 Å². The summed E-state index contributed by atoms with van der Waals surface area (Å²) >= 11 is 0. The van der Waals surface area contributed by atoms with E-state index in [0.717, 1.165) is 11.1 Å². The van der Waals surface area contributed by atoms with E-state index < -0.39 is 16.8 Å². The molecule has 0 saturated carbocycles. The molecule has 176 valence electrons. The van der Waals surface area contributed by atoms with Crippen molar-refractivity contribution in [3.8, 4) is 29.7 Å². The van der Waals surface area contributed by atoms with Gasteiger partial charge < -0.3 is 5.32 Å². The van der Waals surface area contributed by atoms with E-state index in [4.69, 9.17) is 11.4 Å². The predicted molar refractivity (Wildman–Crippen MR) is 142 cm³/mol. The molecule has 0 saturated heterocycles. The quantitative estimate of drug-likeness (QED) is 0.436. The van der Waals surface area contributed by atoms with Gasteiger partial charge in [0.1, 0.15) is 0 Å². The van der Waals surface area contributed by atoms with E-state index in [2.05, 4.69) is 17.3 Å². The number of benzene rings is 2. The van der Waals surface area contributed by atoms with Gasteiger partial charge in [-0.25, -0.2) is 0 Å². The van der Waals surface area contributed by atoms with Gasteiger partial charge in [-0.2, -0.15) is 5.26 Å². The zero-order chi connectivity index (χ0) is 25.2. The highest BCUT2D eigenvalue weighted by Gasteiger charge is 2.25. The number of allylic oxidation sites excluding steroid dienone is 1. The lowest BCUT2D eigenvalue weighted by Gasteiger charge is -2.22. The molecular weight excluding hydrogens is 454 g/mol. The lowest BCUT2D eigenvalue weighted by atomic mass is 9.92. The van der Waals surface area contributed by atoms with E-state index in [9.17, 15) is 14.3 Å². The molecule has 1 aromatic heterocycles. The molecule has 0 spiro atoms. The Balaban J connectivity index is 2.22. The molecule has 3 rings (SSSR count). The van der Waals surface area contributed by atoms with Gasteiger partial charge in [-0.15, -0.1) is 6.42 Å². The molecule has 3 aromatic rings. The summed E-state index contributed by atoms with van der Waals surface area (Å²) in [6.07, 6.45) is 10.9. The molecule has 1 amide bonds. The molecule has 5 nitrogen and oxygen atoms in total. The molecule has 0 radical (unpaired) electrons. The Bertz CT molecular complexity index is 1320. The standard InChI is InChI=1S/C29H27N3O2S/c1-4-5-16-24-21(2)31-28(23-14-10-7-11-15-23)25(18-20-35(3)34)27(24)29(33)32-26(17-19-30)22-12-8-6-9-13-22/h1,5-16,26H,17-18,20H2,2-3H3,(H,32,33)/b16-5-. The number of carbonyl (C=O) groups is 1. The minimum atomic E-state index is -1.07. The fourth-order valence-electron chi connectivity index (χ4n) is 3.94. The first-order valence-corrected chi connectivity index (χ1v) is 12.9. The third kappa shape index (κ3) is 6.53. The molecule has 35 heavy (non-hydrogen) atoms. The third-order valence-electron chi connectivity index (χ3n) is 5.59.